The first-order valence-corrected chi connectivity index (χ1v) is 9.03. The fraction of sp³-hybridized carbons (Fsp3) is 0.136. The van der Waals surface area contributed by atoms with Crippen LogP contribution in [0.4, 0.5) is 17.5 Å². The predicted octanol–water partition coefficient (Wildman–Crippen LogP) is 4.70. The van der Waals surface area contributed by atoms with E-state index in [4.69, 9.17) is 4.74 Å². The number of hydrogen-bond donors (Lipinski definition) is 2. The summed E-state index contributed by atoms with van der Waals surface area (Å²) in [5.74, 6) is 2.12. The number of nitrogens with zero attached hydrogens (tertiary/aromatic N) is 3. The van der Waals surface area contributed by atoms with E-state index in [2.05, 4.69) is 56.8 Å². The number of ether oxygens (including phenoxy) is 1. The second-order valence-electron chi connectivity index (χ2n) is 6.48. The van der Waals surface area contributed by atoms with Gasteiger partial charge in [0.05, 0.1) is 18.0 Å². The Hall–Kier alpha value is -3.67. The summed E-state index contributed by atoms with van der Waals surface area (Å²) in [5, 5.41) is 7.45. The van der Waals surface area contributed by atoms with Crippen LogP contribution < -0.4 is 15.4 Å². The van der Waals surface area contributed by atoms with Gasteiger partial charge in [0.1, 0.15) is 11.6 Å². The van der Waals surface area contributed by atoms with E-state index in [1.54, 1.807) is 19.5 Å². The highest BCUT2D eigenvalue weighted by Gasteiger charge is 2.07. The second kappa shape index (κ2) is 7.92. The molecule has 2 N–H and O–H groups in total. The topological polar surface area (TPSA) is 72.0 Å². The van der Waals surface area contributed by atoms with Gasteiger partial charge in [-0.15, -0.1) is 0 Å². The molecule has 0 saturated heterocycles. The van der Waals surface area contributed by atoms with Crippen molar-refractivity contribution in [1.82, 2.24) is 15.0 Å². The van der Waals surface area contributed by atoms with Crippen molar-refractivity contribution in [3.8, 4) is 5.75 Å². The van der Waals surface area contributed by atoms with Crippen molar-refractivity contribution in [2.75, 3.05) is 17.7 Å². The van der Waals surface area contributed by atoms with Crippen LogP contribution in [0.5, 0.6) is 5.75 Å². The molecule has 0 aliphatic heterocycles. The number of methoxy groups -OCH3 is 1. The molecule has 2 aromatic heterocycles. The summed E-state index contributed by atoms with van der Waals surface area (Å²) in [6.07, 6.45) is 3.53. The first-order chi connectivity index (χ1) is 13.7. The van der Waals surface area contributed by atoms with Crippen LogP contribution in [0.25, 0.3) is 10.9 Å². The molecule has 2 heterocycles. The quantitative estimate of drug-likeness (QED) is 0.512. The van der Waals surface area contributed by atoms with Crippen molar-refractivity contribution < 1.29 is 4.74 Å². The van der Waals surface area contributed by atoms with Crippen LogP contribution in [-0.2, 0) is 6.54 Å². The standard InChI is InChI=1S/C22H21N5O/c1-15-3-5-16(6-4-15)13-24-22-25-14-19-20(27-22)11-12-23-21(19)26-17-7-9-18(28-2)10-8-17/h3-12,14H,13H2,1-2H3,(H,23,26)(H,24,25,27). The molecule has 0 saturated carbocycles. The van der Waals surface area contributed by atoms with Gasteiger partial charge in [-0.25, -0.2) is 15.0 Å². The average Bonchev–Trinajstić information content (AvgIpc) is 2.74. The Morgan fingerprint density at radius 3 is 2.46 bits per heavy atom. The largest absolute Gasteiger partial charge is 0.497 e. The third kappa shape index (κ3) is 4.01. The highest BCUT2D eigenvalue weighted by atomic mass is 16.5. The maximum atomic E-state index is 5.19. The Bertz CT molecular complexity index is 1080. The lowest BCUT2D eigenvalue weighted by Crippen LogP contribution is -2.04. The van der Waals surface area contributed by atoms with Gasteiger partial charge in [-0.2, -0.15) is 0 Å². The molecule has 28 heavy (non-hydrogen) atoms. The number of aryl methyl sites for hydroxylation is 1. The Morgan fingerprint density at radius 2 is 1.71 bits per heavy atom. The summed E-state index contributed by atoms with van der Waals surface area (Å²) in [5.41, 5.74) is 4.18. The molecule has 0 aliphatic carbocycles. The fourth-order valence-corrected chi connectivity index (χ4v) is 2.84. The molecule has 140 valence electrons. The zero-order valence-corrected chi connectivity index (χ0v) is 15.8. The molecule has 0 fully saturated rings. The number of pyridine rings is 1. The van der Waals surface area contributed by atoms with Gasteiger partial charge in [-0.3, -0.25) is 0 Å². The molecule has 2 aromatic carbocycles. The smallest absolute Gasteiger partial charge is 0.223 e. The van der Waals surface area contributed by atoms with Crippen LogP contribution in [0.2, 0.25) is 0 Å². The van der Waals surface area contributed by atoms with Crippen molar-refractivity contribution in [3.63, 3.8) is 0 Å². The molecular weight excluding hydrogens is 350 g/mol. The monoisotopic (exact) mass is 371 g/mol. The van der Waals surface area contributed by atoms with E-state index in [1.165, 1.54) is 11.1 Å². The third-order valence-electron chi connectivity index (χ3n) is 4.43. The van der Waals surface area contributed by atoms with E-state index in [0.717, 1.165) is 22.3 Å². The van der Waals surface area contributed by atoms with Gasteiger partial charge in [-0.1, -0.05) is 29.8 Å². The number of hydrogen-bond acceptors (Lipinski definition) is 6. The predicted molar refractivity (Wildman–Crippen MR) is 112 cm³/mol. The lowest BCUT2D eigenvalue weighted by molar-refractivity contribution is 0.415. The van der Waals surface area contributed by atoms with E-state index in [-0.39, 0.29) is 0 Å². The molecule has 6 nitrogen and oxygen atoms in total. The van der Waals surface area contributed by atoms with Crippen molar-refractivity contribution in [2.45, 2.75) is 13.5 Å². The summed E-state index contributed by atoms with van der Waals surface area (Å²) in [7, 11) is 1.65. The van der Waals surface area contributed by atoms with Gasteiger partial charge in [0.25, 0.3) is 0 Å². The molecule has 0 aliphatic rings. The van der Waals surface area contributed by atoms with Gasteiger partial charge < -0.3 is 15.4 Å². The van der Waals surface area contributed by atoms with E-state index >= 15 is 0 Å². The van der Waals surface area contributed by atoms with E-state index in [9.17, 15) is 0 Å². The van der Waals surface area contributed by atoms with Crippen LogP contribution in [0.15, 0.2) is 67.0 Å². The van der Waals surface area contributed by atoms with Crippen molar-refractivity contribution >= 4 is 28.4 Å². The minimum atomic E-state index is 0.592. The number of fused-ring (bicyclic) bond motifs is 1. The van der Waals surface area contributed by atoms with Gasteiger partial charge in [0.2, 0.25) is 5.95 Å². The molecule has 0 unspecified atom stereocenters. The summed E-state index contributed by atoms with van der Waals surface area (Å²) in [6.45, 7) is 2.75. The zero-order chi connectivity index (χ0) is 19.3. The maximum absolute atomic E-state index is 5.19. The van der Waals surface area contributed by atoms with Crippen molar-refractivity contribution in [1.29, 1.82) is 0 Å². The summed E-state index contributed by atoms with van der Waals surface area (Å²) < 4.78 is 5.19. The van der Waals surface area contributed by atoms with Crippen LogP contribution >= 0.6 is 0 Å². The lowest BCUT2D eigenvalue weighted by atomic mass is 10.1. The summed E-state index contributed by atoms with van der Waals surface area (Å²) >= 11 is 0. The van der Waals surface area contributed by atoms with Crippen LogP contribution in [0.1, 0.15) is 11.1 Å². The molecule has 0 spiro atoms. The Balaban J connectivity index is 1.52. The molecule has 6 heteroatoms. The van der Waals surface area contributed by atoms with Crippen LogP contribution in [0.3, 0.4) is 0 Å². The fourth-order valence-electron chi connectivity index (χ4n) is 2.84. The van der Waals surface area contributed by atoms with Gasteiger partial charge in [-0.05, 0) is 42.8 Å². The van der Waals surface area contributed by atoms with E-state index < -0.39 is 0 Å². The number of anilines is 3. The van der Waals surface area contributed by atoms with E-state index in [0.29, 0.717) is 18.3 Å². The molecular formula is C22H21N5O. The molecule has 4 aromatic rings. The van der Waals surface area contributed by atoms with Crippen LogP contribution in [-0.4, -0.2) is 22.1 Å². The average molecular weight is 371 g/mol. The summed E-state index contributed by atoms with van der Waals surface area (Å²) in [6, 6.07) is 18.0. The number of nitrogens with one attached hydrogen (secondary N) is 2. The molecule has 4 rings (SSSR count). The SMILES string of the molecule is COc1ccc(Nc2nccc3nc(NCc4ccc(C)cc4)ncc23)cc1. The first-order valence-electron chi connectivity index (χ1n) is 9.03. The Morgan fingerprint density at radius 1 is 0.929 bits per heavy atom. The third-order valence-corrected chi connectivity index (χ3v) is 4.43. The Labute approximate surface area is 163 Å². The van der Waals surface area contributed by atoms with Gasteiger partial charge in [0.15, 0.2) is 0 Å². The van der Waals surface area contributed by atoms with Crippen molar-refractivity contribution in [2.24, 2.45) is 0 Å². The number of aromatic nitrogens is 3. The number of rotatable bonds is 6. The molecule has 0 bridgehead atoms. The second-order valence-corrected chi connectivity index (χ2v) is 6.48. The Kier molecular flexibility index (Phi) is 5.01. The van der Waals surface area contributed by atoms with Crippen molar-refractivity contribution in [3.05, 3.63) is 78.1 Å². The van der Waals surface area contributed by atoms with Gasteiger partial charge >= 0.3 is 0 Å². The zero-order valence-electron chi connectivity index (χ0n) is 15.8. The van der Waals surface area contributed by atoms with Gasteiger partial charge in [0, 0.05) is 24.6 Å². The minimum Gasteiger partial charge on any atom is -0.497 e. The first kappa shape index (κ1) is 17.7. The molecule has 0 amide bonds. The normalized spacial score (nSPS) is 10.6. The summed E-state index contributed by atoms with van der Waals surface area (Å²) in [4.78, 5) is 13.5. The highest BCUT2D eigenvalue weighted by molar-refractivity contribution is 5.90. The molecule has 0 atom stereocenters. The number of benzene rings is 2. The van der Waals surface area contributed by atoms with E-state index in [1.807, 2.05) is 30.3 Å². The highest BCUT2D eigenvalue weighted by Crippen LogP contribution is 2.24. The minimum absolute atomic E-state index is 0.592. The maximum Gasteiger partial charge on any atom is 0.223 e. The lowest BCUT2D eigenvalue weighted by Gasteiger charge is -2.10. The van der Waals surface area contributed by atoms with Crippen LogP contribution in [0, 0.1) is 6.92 Å². The molecule has 0 radical (unpaired) electrons.